The van der Waals surface area contributed by atoms with Crippen molar-refractivity contribution in [3.8, 4) is 0 Å². The zero-order valence-electron chi connectivity index (χ0n) is 6.50. The summed E-state index contributed by atoms with van der Waals surface area (Å²) in [5.74, 6) is 1.24. The quantitative estimate of drug-likeness (QED) is 0.606. The van der Waals surface area contributed by atoms with Gasteiger partial charge in [0.1, 0.15) is 6.10 Å². The number of hydrogen-bond acceptors (Lipinski definition) is 3. The average Bonchev–Trinajstić information content (AvgIpc) is 2.34. The zero-order valence-corrected chi connectivity index (χ0v) is 6.50. The number of rotatable bonds is 2. The summed E-state index contributed by atoms with van der Waals surface area (Å²) < 4.78 is 5.40. The monoisotopic (exact) mass is 142 g/mol. The fourth-order valence-corrected chi connectivity index (χ4v) is 0.901. The highest BCUT2D eigenvalue weighted by Crippen LogP contribution is 2.12. The SMILES string of the molecule is CC(C)C1CN=C(CN)O1. The molecule has 1 heterocycles. The molecule has 1 aliphatic heterocycles. The van der Waals surface area contributed by atoms with Gasteiger partial charge in [-0.15, -0.1) is 0 Å². The smallest absolute Gasteiger partial charge is 0.197 e. The van der Waals surface area contributed by atoms with Gasteiger partial charge in [-0.25, -0.2) is 0 Å². The molecule has 0 saturated heterocycles. The van der Waals surface area contributed by atoms with Crippen molar-refractivity contribution in [2.45, 2.75) is 20.0 Å². The third-order valence-electron chi connectivity index (χ3n) is 1.65. The molecule has 0 aliphatic carbocycles. The molecule has 1 atom stereocenters. The Morgan fingerprint density at radius 1 is 1.80 bits per heavy atom. The van der Waals surface area contributed by atoms with Gasteiger partial charge in [0.15, 0.2) is 5.90 Å². The maximum absolute atomic E-state index is 5.40. The van der Waals surface area contributed by atoms with Crippen LogP contribution in [0.4, 0.5) is 0 Å². The van der Waals surface area contributed by atoms with Gasteiger partial charge in [0.25, 0.3) is 0 Å². The van der Waals surface area contributed by atoms with Crippen LogP contribution in [-0.4, -0.2) is 25.1 Å². The summed E-state index contributed by atoms with van der Waals surface area (Å²) in [5.41, 5.74) is 5.34. The second kappa shape index (κ2) is 3.01. The summed E-state index contributed by atoms with van der Waals surface area (Å²) >= 11 is 0. The second-order valence-electron chi connectivity index (χ2n) is 2.84. The maximum Gasteiger partial charge on any atom is 0.197 e. The summed E-state index contributed by atoms with van der Waals surface area (Å²) in [7, 11) is 0. The summed E-state index contributed by atoms with van der Waals surface area (Å²) in [6.45, 7) is 5.46. The van der Waals surface area contributed by atoms with E-state index in [4.69, 9.17) is 10.5 Å². The van der Waals surface area contributed by atoms with Crippen LogP contribution in [0.2, 0.25) is 0 Å². The van der Waals surface area contributed by atoms with Crippen molar-refractivity contribution >= 4 is 5.90 Å². The summed E-state index contributed by atoms with van der Waals surface area (Å²) in [5, 5.41) is 0. The Kier molecular flexibility index (Phi) is 2.27. The lowest BCUT2D eigenvalue weighted by atomic mass is 10.1. The Hall–Kier alpha value is -0.570. The molecule has 0 amide bonds. The van der Waals surface area contributed by atoms with Crippen molar-refractivity contribution in [1.29, 1.82) is 0 Å². The van der Waals surface area contributed by atoms with Crippen LogP contribution >= 0.6 is 0 Å². The van der Waals surface area contributed by atoms with Crippen molar-refractivity contribution in [3.63, 3.8) is 0 Å². The van der Waals surface area contributed by atoms with Gasteiger partial charge in [-0.05, 0) is 5.92 Å². The topological polar surface area (TPSA) is 47.6 Å². The molecule has 0 bridgehead atoms. The molecule has 0 spiro atoms. The van der Waals surface area contributed by atoms with E-state index in [1.54, 1.807) is 0 Å². The predicted octanol–water partition coefficient (Wildman–Crippen LogP) is 0.398. The number of ether oxygens (including phenoxy) is 1. The van der Waals surface area contributed by atoms with Crippen LogP contribution in [0.5, 0.6) is 0 Å². The second-order valence-corrected chi connectivity index (χ2v) is 2.84. The molecular formula is C7H14N2O. The first kappa shape index (κ1) is 7.54. The van der Waals surface area contributed by atoms with E-state index in [1.807, 2.05) is 0 Å². The Labute approximate surface area is 61.3 Å². The van der Waals surface area contributed by atoms with Crippen LogP contribution in [0, 0.1) is 5.92 Å². The van der Waals surface area contributed by atoms with Gasteiger partial charge in [-0.3, -0.25) is 4.99 Å². The molecule has 0 aromatic heterocycles. The first-order valence-electron chi connectivity index (χ1n) is 3.64. The van der Waals surface area contributed by atoms with E-state index < -0.39 is 0 Å². The van der Waals surface area contributed by atoms with E-state index in [-0.39, 0.29) is 6.10 Å². The highest BCUT2D eigenvalue weighted by Gasteiger charge is 2.21. The molecule has 1 aliphatic rings. The van der Waals surface area contributed by atoms with E-state index in [9.17, 15) is 0 Å². The molecule has 3 heteroatoms. The third kappa shape index (κ3) is 1.48. The van der Waals surface area contributed by atoms with Crippen molar-refractivity contribution in [2.75, 3.05) is 13.1 Å². The average molecular weight is 142 g/mol. The first-order chi connectivity index (χ1) is 4.74. The van der Waals surface area contributed by atoms with E-state index in [0.29, 0.717) is 18.4 Å². The molecule has 1 unspecified atom stereocenters. The number of nitrogens with two attached hydrogens (primary N) is 1. The van der Waals surface area contributed by atoms with Gasteiger partial charge >= 0.3 is 0 Å². The molecule has 1 rings (SSSR count). The molecule has 58 valence electrons. The summed E-state index contributed by atoms with van der Waals surface area (Å²) in [6, 6.07) is 0. The molecule has 0 aromatic rings. The highest BCUT2D eigenvalue weighted by atomic mass is 16.5. The van der Waals surface area contributed by atoms with Gasteiger partial charge < -0.3 is 10.5 Å². The minimum Gasteiger partial charge on any atom is -0.475 e. The molecule has 0 radical (unpaired) electrons. The van der Waals surface area contributed by atoms with Gasteiger partial charge in [-0.2, -0.15) is 0 Å². The van der Waals surface area contributed by atoms with Crippen LogP contribution in [0.1, 0.15) is 13.8 Å². The van der Waals surface area contributed by atoms with Crippen molar-refractivity contribution in [3.05, 3.63) is 0 Å². The number of hydrogen-bond donors (Lipinski definition) is 1. The fourth-order valence-electron chi connectivity index (χ4n) is 0.901. The van der Waals surface area contributed by atoms with E-state index in [1.165, 1.54) is 0 Å². The lowest BCUT2D eigenvalue weighted by Gasteiger charge is -2.13. The van der Waals surface area contributed by atoms with E-state index in [2.05, 4.69) is 18.8 Å². The zero-order chi connectivity index (χ0) is 7.56. The molecule has 2 N–H and O–H groups in total. The van der Waals surface area contributed by atoms with Gasteiger partial charge in [-0.1, -0.05) is 13.8 Å². The van der Waals surface area contributed by atoms with E-state index in [0.717, 1.165) is 6.54 Å². The van der Waals surface area contributed by atoms with Crippen LogP contribution in [0.15, 0.2) is 4.99 Å². The normalized spacial score (nSPS) is 24.8. The largest absolute Gasteiger partial charge is 0.475 e. The highest BCUT2D eigenvalue weighted by molar-refractivity contribution is 5.79. The van der Waals surface area contributed by atoms with Gasteiger partial charge in [0.05, 0.1) is 13.1 Å². The first-order valence-corrected chi connectivity index (χ1v) is 3.64. The molecule has 3 nitrogen and oxygen atoms in total. The van der Waals surface area contributed by atoms with Gasteiger partial charge in [0.2, 0.25) is 0 Å². The maximum atomic E-state index is 5.40. The number of nitrogens with zero attached hydrogens (tertiary/aromatic N) is 1. The Morgan fingerprint density at radius 2 is 2.50 bits per heavy atom. The van der Waals surface area contributed by atoms with Crippen LogP contribution in [-0.2, 0) is 4.74 Å². The lowest BCUT2D eigenvalue weighted by Crippen LogP contribution is -2.22. The minimum absolute atomic E-state index is 0.263. The van der Waals surface area contributed by atoms with E-state index >= 15 is 0 Å². The molecule has 0 fully saturated rings. The predicted molar refractivity (Wildman–Crippen MR) is 41.1 cm³/mol. The molecule has 0 aromatic carbocycles. The Bertz CT molecular complexity index is 143. The fraction of sp³-hybridized carbons (Fsp3) is 0.857. The van der Waals surface area contributed by atoms with Crippen molar-refractivity contribution < 1.29 is 4.74 Å². The van der Waals surface area contributed by atoms with Crippen LogP contribution < -0.4 is 5.73 Å². The van der Waals surface area contributed by atoms with Crippen LogP contribution in [0.3, 0.4) is 0 Å². The minimum atomic E-state index is 0.263. The third-order valence-corrected chi connectivity index (χ3v) is 1.65. The van der Waals surface area contributed by atoms with Crippen molar-refractivity contribution in [2.24, 2.45) is 16.6 Å². The molecule has 0 saturated carbocycles. The standard InChI is InChI=1S/C7H14N2O/c1-5(2)6-4-9-7(3-8)10-6/h5-6H,3-4,8H2,1-2H3. The number of aliphatic imine (C=N–C) groups is 1. The summed E-state index contributed by atoms with van der Waals surface area (Å²) in [4.78, 5) is 4.13. The Morgan fingerprint density at radius 3 is 2.80 bits per heavy atom. The molecular weight excluding hydrogens is 128 g/mol. The summed E-state index contributed by atoms with van der Waals surface area (Å²) in [6.07, 6.45) is 0.263. The van der Waals surface area contributed by atoms with Crippen LogP contribution in [0.25, 0.3) is 0 Å². The van der Waals surface area contributed by atoms with Crippen molar-refractivity contribution in [1.82, 2.24) is 0 Å². The van der Waals surface area contributed by atoms with Gasteiger partial charge in [0, 0.05) is 0 Å². The lowest BCUT2D eigenvalue weighted by molar-refractivity contribution is 0.169. The molecule has 10 heavy (non-hydrogen) atoms. The Balaban J connectivity index is 2.36.